The normalized spacial score (nSPS) is 10.8. The van der Waals surface area contributed by atoms with Gasteiger partial charge in [-0.25, -0.2) is 4.39 Å². The quantitative estimate of drug-likeness (QED) is 0.847. The zero-order valence-corrected chi connectivity index (χ0v) is 9.12. The monoisotopic (exact) mass is 221 g/mol. The van der Waals surface area contributed by atoms with Crippen LogP contribution in [0.15, 0.2) is 22.7 Å². The Hall–Kier alpha value is -1.68. The van der Waals surface area contributed by atoms with Gasteiger partial charge in [-0.1, -0.05) is 11.2 Å². The van der Waals surface area contributed by atoms with Crippen molar-refractivity contribution in [2.75, 3.05) is 0 Å². The molecule has 0 aliphatic rings. The number of nitrogens with zero attached hydrogens (tertiary/aromatic N) is 1. The van der Waals surface area contributed by atoms with Gasteiger partial charge in [-0.05, 0) is 31.5 Å². The molecule has 0 aliphatic heterocycles. The lowest BCUT2D eigenvalue weighted by molar-refractivity contribution is 0.278. The summed E-state index contributed by atoms with van der Waals surface area (Å²) in [6, 6.07) is 4.87. The standard InChI is InChI=1S/C12H12FNO2/c1-7-3-4-9(11(13)5-7)12-10(6-15)8(2)16-14-12/h3-5,15H,6H2,1-2H3. The molecule has 3 nitrogen and oxygen atoms in total. The minimum Gasteiger partial charge on any atom is -0.391 e. The minimum atomic E-state index is -0.358. The number of hydrogen-bond donors (Lipinski definition) is 1. The zero-order chi connectivity index (χ0) is 11.7. The summed E-state index contributed by atoms with van der Waals surface area (Å²) in [5.41, 5.74) is 2.10. The van der Waals surface area contributed by atoms with E-state index in [0.717, 1.165) is 5.56 Å². The van der Waals surface area contributed by atoms with Crippen LogP contribution in [0.3, 0.4) is 0 Å². The van der Waals surface area contributed by atoms with Gasteiger partial charge < -0.3 is 9.63 Å². The molecule has 0 amide bonds. The Balaban J connectivity index is 2.58. The summed E-state index contributed by atoms with van der Waals surface area (Å²) in [5.74, 6) is 0.153. The van der Waals surface area contributed by atoms with E-state index in [0.29, 0.717) is 22.6 Å². The van der Waals surface area contributed by atoms with E-state index in [9.17, 15) is 9.50 Å². The lowest BCUT2D eigenvalue weighted by Crippen LogP contribution is -1.91. The summed E-state index contributed by atoms with van der Waals surface area (Å²) in [5, 5.41) is 12.9. The predicted octanol–water partition coefficient (Wildman–Crippen LogP) is 2.59. The summed E-state index contributed by atoms with van der Waals surface area (Å²) < 4.78 is 18.6. The van der Waals surface area contributed by atoms with Crippen molar-refractivity contribution in [2.24, 2.45) is 0 Å². The molecule has 4 heteroatoms. The molecule has 1 aromatic heterocycles. The van der Waals surface area contributed by atoms with Crippen molar-refractivity contribution in [3.63, 3.8) is 0 Å². The molecular formula is C12H12FNO2. The minimum absolute atomic E-state index is 0.210. The molecule has 16 heavy (non-hydrogen) atoms. The van der Waals surface area contributed by atoms with E-state index >= 15 is 0 Å². The van der Waals surface area contributed by atoms with Crippen LogP contribution in [0.4, 0.5) is 4.39 Å². The number of aryl methyl sites for hydroxylation is 2. The van der Waals surface area contributed by atoms with E-state index in [2.05, 4.69) is 5.16 Å². The molecule has 1 N–H and O–H groups in total. The fourth-order valence-corrected chi connectivity index (χ4v) is 1.60. The van der Waals surface area contributed by atoms with Crippen LogP contribution in [-0.2, 0) is 6.61 Å². The van der Waals surface area contributed by atoms with Crippen LogP contribution >= 0.6 is 0 Å². The predicted molar refractivity (Wildman–Crippen MR) is 57.3 cm³/mol. The maximum atomic E-state index is 13.7. The fraction of sp³-hybridized carbons (Fsp3) is 0.250. The van der Waals surface area contributed by atoms with Crippen LogP contribution in [0.1, 0.15) is 16.9 Å². The molecule has 0 spiro atoms. The SMILES string of the molecule is Cc1ccc(-c2noc(C)c2CO)c(F)c1. The Kier molecular flexibility index (Phi) is 2.75. The van der Waals surface area contributed by atoms with Crippen molar-refractivity contribution in [3.8, 4) is 11.3 Å². The summed E-state index contributed by atoms with van der Waals surface area (Å²) in [4.78, 5) is 0. The van der Waals surface area contributed by atoms with Crippen LogP contribution in [-0.4, -0.2) is 10.3 Å². The molecule has 0 atom stereocenters. The second-order valence-electron chi connectivity index (χ2n) is 3.71. The lowest BCUT2D eigenvalue weighted by Gasteiger charge is -2.02. The summed E-state index contributed by atoms with van der Waals surface area (Å²) in [7, 11) is 0. The Morgan fingerprint density at radius 2 is 2.12 bits per heavy atom. The maximum absolute atomic E-state index is 13.7. The average molecular weight is 221 g/mol. The Labute approximate surface area is 92.5 Å². The van der Waals surface area contributed by atoms with Crippen molar-refractivity contribution < 1.29 is 14.0 Å². The van der Waals surface area contributed by atoms with Crippen LogP contribution in [0.2, 0.25) is 0 Å². The zero-order valence-electron chi connectivity index (χ0n) is 9.12. The number of hydrogen-bond acceptors (Lipinski definition) is 3. The Morgan fingerprint density at radius 3 is 2.75 bits per heavy atom. The Morgan fingerprint density at radius 1 is 1.38 bits per heavy atom. The molecule has 0 saturated carbocycles. The highest BCUT2D eigenvalue weighted by Crippen LogP contribution is 2.27. The third-order valence-corrected chi connectivity index (χ3v) is 2.52. The molecule has 84 valence electrons. The van der Waals surface area contributed by atoms with Gasteiger partial charge in [-0.2, -0.15) is 0 Å². The van der Waals surface area contributed by atoms with Crippen LogP contribution in [0.5, 0.6) is 0 Å². The maximum Gasteiger partial charge on any atom is 0.139 e. The van der Waals surface area contributed by atoms with Crippen molar-refractivity contribution in [3.05, 3.63) is 40.9 Å². The molecule has 0 fully saturated rings. The smallest absolute Gasteiger partial charge is 0.139 e. The summed E-state index contributed by atoms with van der Waals surface area (Å²) >= 11 is 0. The molecule has 1 aromatic carbocycles. The van der Waals surface area contributed by atoms with Gasteiger partial charge in [0.05, 0.1) is 6.61 Å². The van der Waals surface area contributed by atoms with E-state index < -0.39 is 0 Å². The number of aliphatic hydroxyl groups excluding tert-OH is 1. The van der Waals surface area contributed by atoms with Crippen molar-refractivity contribution in [1.29, 1.82) is 0 Å². The van der Waals surface area contributed by atoms with Gasteiger partial charge in [0.25, 0.3) is 0 Å². The summed E-state index contributed by atoms with van der Waals surface area (Å²) in [6.07, 6.45) is 0. The third kappa shape index (κ3) is 1.72. The van der Waals surface area contributed by atoms with E-state index in [1.165, 1.54) is 6.07 Å². The van der Waals surface area contributed by atoms with Gasteiger partial charge in [0.1, 0.15) is 17.3 Å². The third-order valence-electron chi connectivity index (χ3n) is 2.52. The fourth-order valence-electron chi connectivity index (χ4n) is 1.60. The van der Waals surface area contributed by atoms with Crippen molar-refractivity contribution >= 4 is 0 Å². The van der Waals surface area contributed by atoms with Crippen LogP contribution in [0.25, 0.3) is 11.3 Å². The molecule has 1 heterocycles. The average Bonchev–Trinajstić information content (AvgIpc) is 2.59. The molecule has 0 radical (unpaired) electrons. The van der Waals surface area contributed by atoms with Crippen molar-refractivity contribution in [2.45, 2.75) is 20.5 Å². The first kappa shape index (κ1) is 10.8. The second kappa shape index (κ2) is 4.06. The van der Waals surface area contributed by atoms with E-state index in [-0.39, 0.29) is 12.4 Å². The topological polar surface area (TPSA) is 46.3 Å². The highest BCUT2D eigenvalue weighted by atomic mass is 19.1. The van der Waals surface area contributed by atoms with Gasteiger partial charge in [-0.15, -0.1) is 0 Å². The second-order valence-corrected chi connectivity index (χ2v) is 3.71. The van der Waals surface area contributed by atoms with Crippen LogP contribution in [0, 0.1) is 19.7 Å². The molecule has 0 bridgehead atoms. The molecular weight excluding hydrogens is 209 g/mol. The first-order chi connectivity index (χ1) is 7.63. The molecule has 2 rings (SSSR count). The van der Waals surface area contributed by atoms with Gasteiger partial charge in [-0.3, -0.25) is 0 Å². The molecule has 0 saturated heterocycles. The number of aromatic nitrogens is 1. The summed E-state index contributed by atoms with van der Waals surface area (Å²) in [6.45, 7) is 3.29. The first-order valence-electron chi connectivity index (χ1n) is 4.96. The van der Waals surface area contributed by atoms with Crippen molar-refractivity contribution in [1.82, 2.24) is 5.16 Å². The van der Waals surface area contributed by atoms with Gasteiger partial charge in [0.15, 0.2) is 0 Å². The van der Waals surface area contributed by atoms with E-state index in [4.69, 9.17) is 4.52 Å². The number of aliphatic hydroxyl groups is 1. The van der Waals surface area contributed by atoms with E-state index in [1.54, 1.807) is 19.1 Å². The molecule has 0 aliphatic carbocycles. The Bertz CT molecular complexity index is 520. The molecule has 0 unspecified atom stereocenters. The van der Waals surface area contributed by atoms with Gasteiger partial charge >= 0.3 is 0 Å². The lowest BCUT2D eigenvalue weighted by atomic mass is 10.0. The highest BCUT2D eigenvalue weighted by molar-refractivity contribution is 5.64. The molecule has 2 aromatic rings. The first-order valence-corrected chi connectivity index (χ1v) is 4.96. The van der Waals surface area contributed by atoms with Gasteiger partial charge in [0.2, 0.25) is 0 Å². The highest BCUT2D eigenvalue weighted by Gasteiger charge is 2.16. The number of rotatable bonds is 2. The van der Waals surface area contributed by atoms with Crippen LogP contribution < -0.4 is 0 Å². The van der Waals surface area contributed by atoms with E-state index in [1.807, 2.05) is 6.92 Å². The number of benzene rings is 1. The number of halogens is 1. The van der Waals surface area contributed by atoms with Gasteiger partial charge in [0, 0.05) is 11.1 Å². The largest absolute Gasteiger partial charge is 0.391 e.